The molecule has 0 aliphatic carbocycles. The Morgan fingerprint density at radius 3 is 2.27 bits per heavy atom. The van der Waals surface area contributed by atoms with Crippen molar-refractivity contribution in [1.82, 2.24) is 14.8 Å². The van der Waals surface area contributed by atoms with Gasteiger partial charge >= 0.3 is 6.36 Å². The first-order valence-electron chi connectivity index (χ1n) is 11.0. The molecule has 5 nitrogen and oxygen atoms in total. The van der Waals surface area contributed by atoms with Crippen LogP contribution in [0, 0.1) is 12.7 Å². The van der Waals surface area contributed by atoms with Gasteiger partial charge in [-0.1, -0.05) is 42.5 Å². The summed E-state index contributed by atoms with van der Waals surface area (Å²) in [7, 11) is 1.83. The number of aromatic nitrogens is 3. The second-order valence-electron chi connectivity index (χ2n) is 8.21. The van der Waals surface area contributed by atoms with Crippen molar-refractivity contribution >= 4 is 34.8 Å². The molecule has 0 atom stereocenters. The second-order valence-corrected chi connectivity index (χ2v) is 8.21. The van der Waals surface area contributed by atoms with E-state index >= 15 is 0 Å². The van der Waals surface area contributed by atoms with Crippen LogP contribution in [0.15, 0.2) is 78.9 Å². The number of pyridine rings is 1. The summed E-state index contributed by atoms with van der Waals surface area (Å²) in [5, 5.41) is 8.59. The van der Waals surface area contributed by atoms with E-state index in [4.69, 9.17) is 4.98 Å². The van der Waals surface area contributed by atoms with Crippen molar-refractivity contribution in [1.29, 1.82) is 0 Å². The van der Waals surface area contributed by atoms with E-state index in [-0.39, 0.29) is 18.2 Å². The number of fused-ring (bicyclic) bond motifs is 1. The molecule has 10 heteroatoms. The maximum absolute atomic E-state index is 13.6. The van der Waals surface area contributed by atoms with E-state index in [2.05, 4.69) is 15.2 Å². The Balaban J connectivity index is 0.00000320. The highest BCUT2D eigenvalue weighted by molar-refractivity contribution is 5.97. The highest BCUT2D eigenvalue weighted by atomic mass is 35.5. The number of hydrogen-bond acceptors (Lipinski definition) is 4. The zero-order valence-electron chi connectivity index (χ0n) is 19.7. The molecule has 2 heterocycles. The topological polar surface area (TPSA) is 52.0 Å². The molecule has 0 aliphatic heterocycles. The second kappa shape index (κ2) is 10.1. The molecule has 2 aromatic heterocycles. The predicted octanol–water partition coefficient (Wildman–Crippen LogP) is 7.81. The van der Waals surface area contributed by atoms with Crippen LogP contribution in [-0.2, 0) is 7.05 Å². The zero-order valence-corrected chi connectivity index (χ0v) is 20.5. The van der Waals surface area contributed by atoms with Gasteiger partial charge in [-0.15, -0.1) is 25.6 Å². The van der Waals surface area contributed by atoms with Crippen molar-refractivity contribution in [3.8, 4) is 28.1 Å². The molecule has 0 saturated heterocycles. The third-order valence-electron chi connectivity index (χ3n) is 5.71. The first-order valence-corrected chi connectivity index (χ1v) is 11.0. The van der Waals surface area contributed by atoms with E-state index in [0.717, 1.165) is 22.2 Å². The lowest BCUT2D eigenvalue weighted by Crippen LogP contribution is -2.17. The Morgan fingerprint density at radius 1 is 0.892 bits per heavy atom. The van der Waals surface area contributed by atoms with Crippen molar-refractivity contribution in [2.24, 2.45) is 7.05 Å². The van der Waals surface area contributed by atoms with Crippen molar-refractivity contribution in [3.05, 3.63) is 90.4 Å². The predicted molar refractivity (Wildman–Crippen MR) is 138 cm³/mol. The summed E-state index contributed by atoms with van der Waals surface area (Å²) in [6.45, 7) is 1.86. The smallest absolute Gasteiger partial charge is 0.406 e. The molecule has 0 spiro atoms. The monoisotopic (exact) mass is 528 g/mol. The van der Waals surface area contributed by atoms with Crippen molar-refractivity contribution in [2.45, 2.75) is 13.3 Å². The number of hydrogen-bond donors (Lipinski definition) is 1. The van der Waals surface area contributed by atoms with Gasteiger partial charge in [-0.25, -0.2) is 9.37 Å². The highest BCUT2D eigenvalue weighted by Gasteiger charge is 2.31. The minimum Gasteiger partial charge on any atom is -0.406 e. The average molecular weight is 529 g/mol. The van der Waals surface area contributed by atoms with Gasteiger partial charge in [0.05, 0.1) is 22.3 Å². The minimum absolute atomic E-state index is 0. The molecule has 0 bridgehead atoms. The maximum Gasteiger partial charge on any atom is 0.573 e. The summed E-state index contributed by atoms with van der Waals surface area (Å²) < 4.78 is 58.1. The number of alkyl halides is 3. The van der Waals surface area contributed by atoms with Crippen LogP contribution in [0.2, 0.25) is 0 Å². The Hall–Kier alpha value is -4.11. The fourth-order valence-corrected chi connectivity index (χ4v) is 4.14. The number of ether oxygens (including phenoxy) is 1. The molecular formula is C27H21ClF4N4O. The highest BCUT2D eigenvalue weighted by Crippen LogP contribution is 2.38. The molecule has 0 radical (unpaired) electrons. The van der Waals surface area contributed by atoms with Crippen LogP contribution in [0.1, 0.15) is 5.69 Å². The molecule has 190 valence electrons. The number of aryl methyl sites for hydroxylation is 2. The first-order chi connectivity index (χ1) is 17.2. The van der Waals surface area contributed by atoms with Crippen molar-refractivity contribution in [2.75, 3.05) is 5.32 Å². The Kier molecular flexibility index (Phi) is 7.09. The third-order valence-corrected chi connectivity index (χ3v) is 5.71. The van der Waals surface area contributed by atoms with Crippen LogP contribution in [0.5, 0.6) is 5.75 Å². The quantitative estimate of drug-likeness (QED) is 0.236. The average Bonchev–Trinajstić information content (AvgIpc) is 3.13. The summed E-state index contributed by atoms with van der Waals surface area (Å²) in [6, 6.07) is 21.0. The van der Waals surface area contributed by atoms with Crippen LogP contribution in [-0.4, -0.2) is 21.1 Å². The molecular weight excluding hydrogens is 508 g/mol. The Bertz CT molecular complexity index is 1550. The van der Waals surface area contributed by atoms with Crippen LogP contribution in [0.3, 0.4) is 0 Å². The zero-order chi connectivity index (χ0) is 25.4. The molecule has 0 amide bonds. The molecule has 37 heavy (non-hydrogen) atoms. The molecule has 0 unspecified atom stereocenters. The fraction of sp³-hybridized carbons (Fsp3) is 0.111. The maximum atomic E-state index is 13.6. The van der Waals surface area contributed by atoms with Gasteiger partial charge < -0.3 is 10.1 Å². The molecule has 1 N–H and O–H groups in total. The fourth-order valence-electron chi connectivity index (χ4n) is 4.14. The van der Waals surface area contributed by atoms with Gasteiger partial charge in [0.1, 0.15) is 17.4 Å². The van der Waals surface area contributed by atoms with Gasteiger partial charge in [0.15, 0.2) is 0 Å². The Morgan fingerprint density at radius 2 is 1.59 bits per heavy atom. The number of nitrogens with zero attached hydrogens (tertiary/aromatic N) is 3. The van der Waals surface area contributed by atoms with Gasteiger partial charge in [-0.2, -0.15) is 5.10 Å². The largest absolute Gasteiger partial charge is 0.573 e. The Labute approximate surface area is 216 Å². The molecule has 5 aromatic rings. The summed E-state index contributed by atoms with van der Waals surface area (Å²) in [6.07, 6.45) is -4.85. The van der Waals surface area contributed by atoms with Crippen LogP contribution >= 0.6 is 12.4 Å². The number of nitrogens with one attached hydrogen (secondary N) is 1. The molecule has 5 rings (SSSR count). The van der Waals surface area contributed by atoms with E-state index in [1.165, 1.54) is 42.5 Å². The minimum atomic E-state index is -4.85. The van der Waals surface area contributed by atoms with E-state index < -0.39 is 12.2 Å². The van der Waals surface area contributed by atoms with Gasteiger partial charge in [-0.3, -0.25) is 4.68 Å². The van der Waals surface area contributed by atoms with E-state index in [0.29, 0.717) is 28.3 Å². The summed E-state index contributed by atoms with van der Waals surface area (Å²) in [4.78, 5) is 4.84. The molecule has 3 aromatic carbocycles. The summed E-state index contributed by atoms with van der Waals surface area (Å²) >= 11 is 0. The lowest BCUT2D eigenvalue weighted by atomic mass is 10.0. The van der Waals surface area contributed by atoms with E-state index in [1.54, 1.807) is 4.68 Å². The lowest BCUT2D eigenvalue weighted by molar-refractivity contribution is -0.274. The van der Waals surface area contributed by atoms with Crippen LogP contribution in [0.25, 0.3) is 33.3 Å². The van der Waals surface area contributed by atoms with Crippen molar-refractivity contribution < 1.29 is 22.3 Å². The third kappa shape index (κ3) is 5.51. The van der Waals surface area contributed by atoms with Gasteiger partial charge in [0, 0.05) is 23.9 Å². The van der Waals surface area contributed by atoms with Gasteiger partial charge in [0.25, 0.3) is 0 Å². The molecule has 0 saturated carbocycles. The number of halogens is 5. The lowest BCUT2D eigenvalue weighted by Gasteiger charge is -2.16. The normalized spacial score (nSPS) is 11.3. The SMILES string of the molecule is Cc1nn(C)c2cc(-c3ccccc3)nc(Nc3ccc(OC(F)(F)F)cc3-c3ccc(F)cc3)c12.Cl. The molecule has 0 fully saturated rings. The first kappa shape index (κ1) is 26.0. The summed E-state index contributed by atoms with van der Waals surface area (Å²) in [5.74, 6) is -0.355. The summed E-state index contributed by atoms with van der Waals surface area (Å²) in [5.41, 5.74) is 4.54. The number of rotatable bonds is 5. The van der Waals surface area contributed by atoms with Gasteiger partial charge in [0.2, 0.25) is 0 Å². The standard InChI is InChI=1S/C27H20F4N4O.ClH/c1-16-25-24(35(2)34-16)15-23(18-6-4-3-5-7-18)33-26(25)32-22-13-12-20(36-27(29,30)31)14-21(22)17-8-10-19(28)11-9-17;/h3-15H,1-2H3,(H,32,33);1H. The van der Waals surface area contributed by atoms with Crippen molar-refractivity contribution in [3.63, 3.8) is 0 Å². The van der Waals surface area contributed by atoms with E-state index in [1.807, 2.05) is 50.4 Å². The van der Waals surface area contributed by atoms with E-state index in [9.17, 15) is 17.6 Å². The number of anilines is 2. The molecule has 0 aliphatic rings. The number of benzene rings is 3. The van der Waals surface area contributed by atoms with Crippen LogP contribution < -0.4 is 10.1 Å². The van der Waals surface area contributed by atoms with Crippen LogP contribution in [0.4, 0.5) is 29.1 Å². The van der Waals surface area contributed by atoms with Gasteiger partial charge in [-0.05, 0) is 48.9 Å².